The maximum Gasteiger partial charge on any atom is 0.149 e. The van der Waals surface area contributed by atoms with Crippen molar-refractivity contribution in [3.63, 3.8) is 0 Å². The summed E-state index contributed by atoms with van der Waals surface area (Å²) in [5, 5.41) is 0.411. The zero-order chi connectivity index (χ0) is 15.6. The molecule has 15 heavy (non-hydrogen) atoms. The smallest absolute Gasteiger partial charge is 0.149 e. The van der Waals surface area contributed by atoms with E-state index in [4.69, 9.17) is 12.6 Å². The Bertz CT molecular complexity index is 859. The van der Waals surface area contributed by atoms with E-state index in [1.807, 2.05) is 0 Å². The highest BCUT2D eigenvalue weighted by Crippen LogP contribution is 2.36. The van der Waals surface area contributed by atoms with Crippen molar-refractivity contribution in [2.75, 3.05) is 0 Å². The highest BCUT2D eigenvalue weighted by Gasteiger charge is 2.10. The number of benzene rings is 2. The normalized spacial score (nSPS) is 16.9. The topological polar surface area (TPSA) is 13.1 Å². The lowest BCUT2D eigenvalue weighted by Crippen LogP contribution is -1.67. The summed E-state index contributed by atoms with van der Waals surface area (Å²) >= 11 is 6.35. The molecule has 0 N–H and O–H groups in total. The maximum atomic E-state index is 8.02. The molecule has 1 nitrogen and oxygen atoms in total. The molecule has 3 rings (SSSR count). The van der Waals surface area contributed by atoms with E-state index in [1.54, 1.807) is 0 Å². The summed E-state index contributed by atoms with van der Waals surface area (Å²) in [4.78, 5) is 0. The molecule has 0 amide bonds. The minimum atomic E-state index is -0.283. The molecule has 0 radical (unpaired) electrons. The number of rotatable bonds is 0. The summed E-state index contributed by atoms with van der Waals surface area (Å²) in [5.41, 5.74) is 0.352. The van der Waals surface area contributed by atoms with E-state index < -0.39 is 0 Å². The van der Waals surface area contributed by atoms with Gasteiger partial charge in [-0.15, -0.1) is 0 Å². The van der Waals surface area contributed by atoms with Crippen LogP contribution in [0.3, 0.4) is 0 Å². The summed E-state index contributed by atoms with van der Waals surface area (Å²) in [5.74, 6) is 0. The van der Waals surface area contributed by atoms with Gasteiger partial charge in [-0.3, -0.25) is 0 Å². The van der Waals surface area contributed by atoms with Crippen LogP contribution in [0.1, 0.15) is 8.22 Å². The zero-order valence-electron chi connectivity index (χ0n) is 13.2. The molecular weight excluding hydrogens is 320 g/mol. The van der Waals surface area contributed by atoms with E-state index in [-0.39, 0.29) is 67.1 Å². The minimum Gasteiger partial charge on any atom is -0.454 e. The summed E-state index contributed by atoms with van der Waals surface area (Å²) in [7, 11) is 0. The van der Waals surface area contributed by atoms with E-state index in [1.165, 1.54) is 0 Å². The molecule has 0 unspecified atom stereocenters. The van der Waals surface area contributed by atoms with Crippen LogP contribution in [0.15, 0.2) is 49.6 Å². The molecule has 3 heteroatoms. The Kier molecular flexibility index (Phi) is 1.12. The second-order valence-electron chi connectivity index (χ2n) is 2.89. The first-order valence-electron chi connectivity index (χ1n) is 7.04. The number of hydrogen-bond donors (Lipinski definition) is 0. The number of para-hydroxylation sites is 2. The van der Waals surface area contributed by atoms with Gasteiger partial charge < -0.3 is 4.42 Å². The SMILES string of the molecule is [2H]c1c([2H])c([2H])c2c(oc3c(Br)c([2H])c([2H])c([2H])c32)c1Br. The van der Waals surface area contributed by atoms with E-state index in [9.17, 15) is 0 Å². The van der Waals surface area contributed by atoms with Crippen LogP contribution in [0.2, 0.25) is 0 Å². The van der Waals surface area contributed by atoms with Crippen molar-refractivity contribution in [3.05, 3.63) is 45.2 Å². The van der Waals surface area contributed by atoms with Gasteiger partial charge >= 0.3 is 0 Å². The fourth-order valence-corrected chi connectivity index (χ4v) is 2.15. The minimum absolute atomic E-state index is 0.175. The van der Waals surface area contributed by atoms with Crippen molar-refractivity contribution in [2.24, 2.45) is 0 Å². The molecule has 0 aliphatic heterocycles. The van der Waals surface area contributed by atoms with Crippen LogP contribution in [0.5, 0.6) is 0 Å². The van der Waals surface area contributed by atoms with Gasteiger partial charge in [0.2, 0.25) is 0 Å². The zero-order valence-corrected chi connectivity index (χ0v) is 10.3. The molecule has 0 aliphatic rings. The van der Waals surface area contributed by atoms with Gasteiger partial charge in [0.1, 0.15) is 11.2 Å². The van der Waals surface area contributed by atoms with Gasteiger partial charge in [0.15, 0.2) is 0 Å². The predicted octanol–water partition coefficient (Wildman–Crippen LogP) is 5.11. The Balaban J connectivity index is 2.73. The third-order valence-corrected chi connectivity index (χ3v) is 3.14. The van der Waals surface area contributed by atoms with Crippen molar-refractivity contribution in [1.82, 2.24) is 0 Å². The van der Waals surface area contributed by atoms with E-state index in [2.05, 4.69) is 31.9 Å². The first kappa shape index (κ1) is 5.02. The number of halogens is 2. The largest absolute Gasteiger partial charge is 0.454 e. The van der Waals surface area contributed by atoms with Crippen molar-refractivity contribution < 1.29 is 12.6 Å². The van der Waals surface area contributed by atoms with Gasteiger partial charge in [0.25, 0.3) is 0 Å². The molecule has 2 aromatic carbocycles. The third kappa shape index (κ3) is 1.34. The van der Waals surface area contributed by atoms with Gasteiger partial charge in [0, 0.05) is 10.8 Å². The third-order valence-electron chi connectivity index (χ3n) is 2.03. The molecule has 0 spiro atoms. The van der Waals surface area contributed by atoms with Crippen molar-refractivity contribution >= 4 is 53.8 Å². The van der Waals surface area contributed by atoms with Crippen LogP contribution in [-0.4, -0.2) is 0 Å². The Labute approximate surface area is 112 Å². The van der Waals surface area contributed by atoms with Crippen molar-refractivity contribution in [1.29, 1.82) is 0 Å². The quantitative estimate of drug-likeness (QED) is 0.557. The lowest BCUT2D eigenvalue weighted by molar-refractivity contribution is 0.664. The predicted molar refractivity (Wildman–Crippen MR) is 69.1 cm³/mol. The summed E-state index contributed by atoms with van der Waals surface area (Å²) in [6, 6.07) is -1.37. The maximum absolute atomic E-state index is 8.02. The van der Waals surface area contributed by atoms with E-state index in [0.29, 0.717) is 0 Å². The monoisotopic (exact) mass is 330 g/mol. The molecule has 0 atom stereocenters. The number of furan rings is 1. The number of fused-ring (bicyclic) bond motifs is 3. The average molecular weight is 332 g/mol. The molecule has 0 bridgehead atoms. The summed E-state index contributed by atoms with van der Waals surface area (Å²) in [6.07, 6.45) is 0. The van der Waals surface area contributed by atoms with Crippen molar-refractivity contribution in [2.45, 2.75) is 0 Å². The lowest BCUT2D eigenvalue weighted by atomic mass is 10.2. The van der Waals surface area contributed by atoms with Gasteiger partial charge in [-0.25, -0.2) is 0 Å². The van der Waals surface area contributed by atoms with Crippen LogP contribution in [-0.2, 0) is 0 Å². The molecule has 0 aliphatic carbocycles. The Morgan fingerprint density at radius 2 is 1.33 bits per heavy atom. The molecule has 0 saturated heterocycles. The Morgan fingerprint density at radius 1 is 0.867 bits per heavy atom. The second-order valence-corrected chi connectivity index (χ2v) is 4.47. The molecule has 74 valence electrons. The number of hydrogen-bond acceptors (Lipinski definition) is 1. The van der Waals surface area contributed by atoms with Crippen LogP contribution in [0.4, 0.5) is 0 Å². The van der Waals surface area contributed by atoms with Crippen LogP contribution in [0.25, 0.3) is 21.9 Å². The van der Waals surface area contributed by atoms with E-state index >= 15 is 0 Å². The molecule has 0 saturated carbocycles. The standard InChI is InChI=1S/C12H6Br2O/c13-9-5-1-3-7-8-4-2-6-10(14)12(8)15-11(7)9/h1-6H/i1D,2D,3D,4D,5D,6D. The lowest BCUT2D eigenvalue weighted by Gasteiger charge is -1.90. The van der Waals surface area contributed by atoms with Gasteiger partial charge in [-0.05, 0) is 43.9 Å². The fraction of sp³-hybridized carbons (Fsp3) is 0. The van der Waals surface area contributed by atoms with Crippen LogP contribution < -0.4 is 0 Å². The molecule has 0 fully saturated rings. The average Bonchev–Trinajstić information content (AvgIpc) is 2.87. The Morgan fingerprint density at radius 3 is 1.80 bits per heavy atom. The molecular formula is C12H6Br2O. The second kappa shape index (κ2) is 3.35. The molecule has 1 aromatic heterocycles. The molecule has 1 heterocycles. The van der Waals surface area contributed by atoms with Gasteiger partial charge in [0.05, 0.1) is 17.2 Å². The van der Waals surface area contributed by atoms with Gasteiger partial charge in [-0.1, -0.05) is 24.2 Å². The summed E-state index contributed by atoms with van der Waals surface area (Å²) in [6.45, 7) is 0. The first-order chi connectivity index (χ1) is 9.77. The van der Waals surface area contributed by atoms with Crippen LogP contribution in [0, 0.1) is 0 Å². The van der Waals surface area contributed by atoms with E-state index in [0.717, 1.165) is 0 Å². The highest BCUT2D eigenvalue weighted by molar-refractivity contribution is 9.11. The summed E-state index contributed by atoms with van der Waals surface area (Å²) < 4.78 is 53.3. The van der Waals surface area contributed by atoms with Gasteiger partial charge in [-0.2, -0.15) is 0 Å². The van der Waals surface area contributed by atoms with Crippen molar-refractivity contribution in [3.8, 4) is 0 Å². The molecule has 3 aromatic rings. The Hall–Kier alpha value is -0.800. The first-order valence-corrected chi connectivity index (χ1v) is 5.62. The highest BCUT2D eigenvalue weighted by atomic mass is 79.9. The van der Waals surface area contributed by atoms with Crippen LogP contribution >= 0.6 is 31.9 Å². The fourth-order valence-electron chi connectivity index (χ4n) is 1.39.